The number of carbonyl (C=O) groups excluding carboxylic acids is 1. The highest BCUT2D eigenvalue weighted by atomic mass is 16.5. The summed E-state index contributed by atoms with van der Waals surface area (Å²) < 4.78 is 4.46. The lowest BCUT2D eigenvalue weighted by molar-refractivity contribution is -0.134. The zero-order chi connectivity index (χ0) is 11.1. The number of hydrogen-bond donors (Lipinski definition) is 0. The average Bonchev–Trinajstić information content (AvgIpc) is 2.26. The standard InChI is InChI=1S/C13H14O2/c1-11-7-9-12(10-8-11)5-3-4-6-13(14)15-2/h3-10H,1-2H3/b5-3-,6-4+. The molecule has 1 aromatic carbocycles. The predicted octanol–water partition coefficient (Wildman–Crippen LogP) is 2.74. The van der Waals surface area contributed by atoms with Gasteiger partial charge in [-0.1, -0.05) is 48.1 Å². The van der Waals surface area contributed by atoms with Crippen LogP contribution >= 0.6 is 0 Å². The minimum atomic E-state index is -0.344. The molecule has 0 N–H and O–H groups in total. The van der Waals surface area contributed by atoms with E-state index in [-0.39, 0.29) is 5.97 Å². The largest absolute Gasteiger partial charge is 0.466 e. The molecule has 0 fully saturated rings. The molecule has 2 heteroatoms. The van der Waals surface area contributed by atoms with Crippen molar-refractivity contribution in [2.75, 3.05) is 7.11 Å². The highest BCUT2D eigenvalue weighted by Gasteiger charge is 1.87. The SMILES string of the molecule is COC(=O)/C=C/C=C\c1ccc(C)cc1. The van der Waals surface area contributed by atoms with Gasteiger partial charge in [0.25, 0.3) is 0 Å². The van der Waals surface area contributed by atoms with E-state index in [4.69, 9.17) is 0 Å². The van der Waals surface area contributed by atoms with Crippen molar-refractivity contribution in [3.63, 3.8) is 0 Å². The topological polar surface area (TPSA) is 26.3 Å². The lowest BCUT2D eigenvalue weighted by Crippen LogP contribution is -1.92. The number of rotatable bonds is 3. The smallest absolute Gasteiger partial charge is 0.330 e. The lowest BCUT2D eigenvalue weighted by Gasteiger charge is -1.93. The molecule has 0 atom stereocenters. The lowest BCUT2D eigenvalue weighted by atomic mass is 10.1. The first-order chi connectivity index (χ1) is 7.22. The van der Waals surface area contributed by atoms with E-state index in [0.717, 1.165) is 5.56 Å². The van der Waals surface area contributed by atoms with Crippen LogP contribution in [0.25, 0.3) is 6.08 Å². The Morgan fingerprint density at radius 1 is 1.20 bits per heavy atom. The number of aryl methyl sites for hydroxylation is 1. The van der Waals surface area contributed by atoms with Gasteiger partial charge in [-0.05, 0) is 12.5 Å². The fraction of sp³-hybridized carbons (Fsp3) is 0.154. The molecule has 0 saturated carbocycles. The Bertz CT molecular complexity index is 372. The minimum Gasteiger partial charge on any atom is -0.466 e. The number of benzene rings is 1. The summed E-state index contributed by atoms with van der Waals surface area (Å²) in [6.45, 7) is 2.05. The van der Waals surface area contributed by atoms with Crippen LogP contribution in [0, 0.1) is 6.92 Å². The van der Waals surface area contributed by atoms with Crippen LogP contribution in [-0.2, 0) is 9.53 Å². The van der Waals surface area contributed by atoms with Gasteiger partial charge in [-0.3, -0.25) is 0 Å². The minimum absolute atomic E-state index is 0.344. The molecule has 0 unspecified atom stereocenters. The Labute approximate surface area is 89.9 Å². The summed E-state index contributed by atoms with van der Waals surface area (Å²) in [7, 11) is 1.36. The molecular weight excluding hydrogens is 188 g/mol. The van der Waals surface area contributed by atoms with Crippen molar-refractivity contribution in [3.8, 4) is 0 Å². The molecule has 2 nitrogen and oxygen atoms in total. The summed E-state index contributed by atoms with van der Waals surface area (Å²) in [6, 6.07) is 8.14. The fourth-order valence-corrected chi connectivity index (χ4v) is 1.05. The highest BCUT2D eigenvalue weighted by molar-refractivity contribution is 5.82. The summed E-state index contributed by atoms with van der Waals surface area (Å²) in [5.41, 5.74) is 2.34. The molecule has 0 aromatic heterocycles. The fourth-order valence-electron chi connectivity index (χ4n) is 1.05. The molecule has 15 heavy (non-hydrogen) atoms. The molecule has 78 valence electrons. The van der Waals surface area contributed by atoms with Gasteiger partial charge in [-0.2, -0.15) is 0 Å². The number of ether oxygens (including phenoxy) is 1. The number of methoxy groups -OCH3 is 1. The molecule has 0 saturated heterocycles. The normalized spacial score (nSPS) is 11.1. The van der Waals surface area contributed by atoms with Gasteiger partial charge in [0.05, 0.1) is 7.11 Å². The number of esters is 1. The van der Waals surface area contributed by atoms with Gasteiger partial charge < -0.3 is 4.74 Å². The average molecular weight is 202 g/mol. The van der Waals surface area contributed by atoms with Gasteiger partial charge in [0, 0.05) is 6.08 Å². The van der Waals surface area contributed by atoms with Crippen molar-refractivity contribution < 1.29 is 9.53 Å². The van der Waals surface area contributed by atoms with E-state index in [1.165, 1.54) is 18.7 Å². The Kier molecular flexibility index (Phi) is 4.35. The maximum absolute atomic E-state index is 10.7. The van der Waals surface area contributed by atoms with Crippen molar-refractivity contribution in [1.82, 2.24) is 0 Å². The Balaban J connectivity index is 2.55. The van der Waals surface area contributed by atoms with Crippen molar-refractivity contribution in [2.45, 2.75) is 6.92 Å². The van der Waals surface area contributed by atoms with Crippen LogP contribution in [0.15, 0.2) is 42.5 Å². The van der Waals surface area contributed by atoms with Gasteiger partial charge in [0.2, 0.25) is 0 Å². The molecule has 0 aliphatic heterocycles. The van der Waals surface area contributed by atoms with Crippen LogP contribution < -0.4 is 0 Å². The van der Waals surface area contributed by atoms with Crippen LogP contribution in [0.2, 0.25) is 0 Å². The molecule has 1 rings (SSSR count). The van der Waals surface area contributed by atoms with Gasteiger partial charge in [-0.25, -0.2) is 4.79 Å². The van der Waals surface area contributed by atoms with E-state index >= 15 is 0 Å². The molecule has 0 heterocycles. The van der Waals surface area contributed by atoms with Gasteiger partial charge in [0.1, 0.15) is 0 Å². The first kappa shape index (κ1) is 11.2. The summed E-state index contributed by atoms with van der Waals surface area (Å²) in [4.78, 5) is 10.7. The van der Waals surface area contributed by atoms with E-state index in [9.17, 15) is 4.79 Å². The number of carbonyl (C=O) groups is 1. The number of allylic oxidation sites excluding steroid dienone is 2. The van der Waals surface area contributed by atoms with E-state index in [0.29, 0.717) is 0 Å². The second-order valence-corrected chi connectivity index (χ2v) is 3.15. The third kappa shape index (κ3) is 4.27. The van der Waals surface area contributed by atoms with Crippen LogP contribution in [0.3, 0.4) is 0 Å². The van der Waals surface area contributed by atoms with Crippen LogP contribution in [0.1, 0.15) is 11.1 Å². The van der Waals surface area contributed by atoms with Crippen LogP contribution in [-0.4, -0.2) is 13.1 Å². The molecule has 0 aliphatic rings. The first-order valence-corrected chi connectivity index (χ1v) is 4.72. The van der Waals surface area contributed by atoms with Gasteiger partial charge in [0.15, 0.2) is 0 Å². The van der Waals surface area contributed by atoms with Gasteiger partial charge >= 0.3 is 5.97 Å². The molecule has 0 amide bonds. The summed E-state index contributed by atoms with van der Waals surface area (Å²) in [5.74, 6) is -0.344. The van der Waals surface area contributed by atoms with E-state index in [2.05, 4.69) is 4.74 Å². The van der Waals surface area contributed by atoms with Crippen molar-refractivity contribution in [2.24, 2.45) is 0 Å². The zero-order valence-corrected chi connectivity index (χ0v) is 8.94. The molecule has 0 bridgehead atoms. The maximum atomic E-state index is 10.7. The third-order valence-corrected chi connectivity index (χ3v) is 1.91. The number of hydrogen-bond acceptors (Lipinski definition) is 2. The molecule has 0 radical (unpaired) electrons. The van der Waals surface area contributed by atoms with Crippen LogP contribution in [0.4, 0.5) is 0 Å². The summed E-state index contributed by atoms with van der Waals surface area (Å²) >= 11 is 0. The summed E-state index contributed by atoms with van der Waals surface area (Å²) in [6.07, 6.45) is 6.77. The van der Waals surface area contributed by atoms with E-state index < -0.39 is 0 Å². The second kappa shape index (κ2) is 5.81. The second-order valence-electron chi connectivity index (χ2n) is 3.15. The van der Waals surface area contributed by atoms with Gasteiger partial charge in [-0.15, -0.1) is 0 Å². The zero-order valence-electron chi connectivity index (χ0n) is 8.94. The third-order valence-electron chi connectivity index (χ3n) is 1.91. The highest BCUT2D eigenvalue weighted by Crippen LogP contribution is 2.04. The molecular formula is C13H14O2. The Hall–Kier alpha value is -1.83. The van der Waals surface area contributed by atoms with E-state index in [1.807, 2.05) is 43.3 Å². The van der Waals surface area contributed by atoms with Crippen molar-refractivity contribution in [1.29, 1.82) is 0 Å². The first-order valence-electron chi connectivity index (χ1n) is 4.72. The van der Waals surface area contributed by atoms with E-state index in [1.54, 1.807) is 6.08 Å². The Morgan fingerprint density at radius 2 is 1.87 bits per heavy atom. The monoisotopic (exact) mass is 202 g/mol. The van der Waals surface area contributed by atoms with Crippen molar-refractivity contribution in [3.05, 3.63) is 53.6 Å². The quantitative estimate of drug-likeness (QED) is 0.428. The molecule has 0 aliphatic carbocycles. The Morgan fingerprint density at radius 3 is 2.47 bits per heavy atom. The van der Waals surface area contributed by atoms with Crippen molar-refractivity contribution >= 4 is 12.0 Å². The maximum Gasteiger partial charge on any atom is 0.330 e. The summed E-state index contributed by atoms with van der Waals surface area (Å²) in [5, 5.41) is 0. The molecule has 1 aromatic rings. The van der Waals surface area contributed by atoms with Crippen LogP contribution in [0.5, 0.6) is 0 Å². The predicted molar refractivity (Wildman–Crippen MR) is 61.4 cm³/mol. The molecule has 0 spiro atoms.